The molecular weight excluding hydrogens is 365 g/mol. The van der Waals surface area contributed by atoms with Crippen LogP contribution in [0.5, 0.6) is 23.0 Å². The Kier molecular flexibility index (Phi) is 5.99. The Morgan fingerprint density at radius 2 is 1.67 bits per heavy atom. The number of aromatic hydroxyl groups is 1. The number of ketones is 1. The van der Waals surface area contributed by atoms with E-state index in [9.17, 15) is 23.1 Å². The van der Waals surface area contributed by atoms with Gasteiger partial charge in [0.1, 0.15) is 23.0 Å². The summed E-state index contributed by atoms with van der Waals surface area (Å²) in [4.78, 5) is 12.3. The lowest BCUT2D eigenvalue weighted by atomic mass is 10.0. The molecular formula is C19H17F3O5. The van der Waals surface area contributed by atoms with E-state index >= 15 is 0 Å². The van der Waals surface area contributed by atoms with Crippen LogP contribution in [-0.2, 0) is 6.18 Å². The molecule has 0 heterocycles. The second kappa shape index (κ2) is 8.03. The van der Waals surface area contributed by atoms with Crippen LogP contribution in [0.4, 0.5) is 13.2 Å². The van der Waals surface area contributed by atoms with Crippen molar-refractivity contribution in [3.63, 3.8) is 0 Å². The Morgan fingerprint density at radius 3 is 2.22 bits per heavy atom. The minimum atomic E-state index is -4.69. The smallest absolute Gasteiger partial charge is 0.417 e. The van der Waals surface area contributed by atoms with E-state index in [0.717, 1.165) is 18.2 Å². The van der Waals surface area contributed by atoms with Gasteiger partial charge >= 0.3 is 6.18 Å². The second-order valence-corrected chi connectivity index (χ2v) is 5.37. The van der Waals surface area contributed by atoms with Crippen molar-refractivity contribution in [3.05, 3.63) is 53.1 Å². The van der Waals surface area contributed by atoms with Crippen molar-refractivity contribution in [2.45, 2.75) is 6.18 Å². The molecule has 0 saturated heterocycles. The standard InChI is InChI=1S/C19H17F3O5/c1-25-11-4-6-16(23)14(8-11)17(24)7-5-13-15(19(20,21)22)9-12(26-2)10-18(13)27-3/h4-10,23H,1-3H3/b7-5+. The molecule has 1 N–H and O–H groups in total. The maximum atomic E-state index is 13.4. The quantitative estimate of drug-likeness (QED) is 0.595. The van der Waals surface area contributed by atoms with Gasteiger partial charge in [-0.05, 0) is 36.4 Å². The zero-order chi connectivity index (χ0) is 20.2. The summed E-state index contributed by atoms with van der Waals surface area (Å²) in [5.41, 5.74) is -1.45. The van der Waals surface area contributed by atoms with E-state index in [4.69, 9.17) is 14.2 Å². The molecule has 27 heavy (non-hydrogen) atoms. The average Bonchev–Trinajstić information content (AvgIpc) is 2.64. The molecule has 0 saturated carbocycles. The van der Waals surface area contributed by atoms with E-state index in [1.165, 1.54) is 45.6 Å². The van der Waals surface area contributed by atoms with E-state index < -0.39 is 17.5 Å². The molecule has 0 bridgehead atoms. The minimum Gasteiger partial charge on any atom is -0.507 e. The fourth-order valence-electron chi connectivity index (χ4n) is 2.38. The second-order valence-electron chi connectivity index (χ2n) is 5.37. The van der Waals surface area contributed by atoms with Crippen LogP contribution in [0.25, 0.3) is 6.08 Å². The number of hydrogen-bond donors (Lipinski definition) is 1. The van der Waals surface area contributed by atoms with E-state index in [0.29, 0.717) is 5.75 Å². The molecule has 144 valence electrons. The van der Waals surface area contributed by atoms with E-state index in [2.05, 4.69) is 0 Å². The summed E-state index contributed by atoms with van der Waals surface area (Å²) in [6.07, 6.45) is -2.78. The average molecular weight is 382 g/mol. The maximum absolute atomic E-state index is 13.4. The zero-order valence-electron chi connectivity index (χ0n) is 14.8. The number of carbonyl (C=O) groups is 1. The molecule has 0 amide bonds. The third kappa shape index (κ3) is 4.52. The summed E-state index contributed by atoms with van der Waals surface area (Å²) in [7, 11) is 3.83. The predicted octanol–water partition coefficient (Wildman–Crippen LogP) is 4.33. The Morgan fingerprint density at radius 1 is 1.00 bits per heavy atom. The molecule has 0 unspecified atom stereocenters. The SMILES string of the molecule is COc1ccc(O)c(C(=O)/C=C/c2c(OC)cc(OC)cc2C(F)(F)F)c1. The first kappa shape index (κ1) is 20.2. The van der Waals surface area contributed by atoms with Crippen molar-refractivity contribution in [1.29, 1.82) is 0 Å². The lowest BCUT2D eigenvalue weighted by Crippen LogP contribution is -2.09. The highest BCUT2D eigenvalue weighted by Gasteiger charge is 2.35. The third-order valence-electron chi connectivity index (χ3n) is 3.75. The van der Waals surface area contributed by atoms with E-state index in [1.807, 2.05) is 0 Å². The fourth-order valence-corrected chi connectivity index (χ4v) is 2.38. The van der Waals surface area contributed by atoms with Crippen LogP contribution in [0.1, 0.15) is 21.5 Å². The van der Waals surface area contributed by atoms with Crippen molar-refractivity contribution >= 4 is 11.9 Å². The summed E-state index contributed by atoms with van der Waals surface area (Å²) >= 11 is 0. The monoisotopic (exact) mass is 382 g/mol. The normalized spacial score (nSPS) is 11.5. The van der Waals surface area contributed by atoms with E-state index in [1.54, 1.807) is 0 Å². The van der Waals surface area contributed by atoms with Crippen LogP contribution in [-0.4, -0.2) is 32.2 Å². The molecule has 2 aromatic carbocycles. The molecule has 0 radical (unpaired) electrons. The van der Waals surface area contributed by atoms with Crippen molar-refractivity contribution in [1.82, 2.24) is 0 Å². The van der Waals surface area contributed by atoms with Gasteiger partial charge in [0.2, 0.25) is 0 Å². The molecule has 0 aromatic heterocycles. The Hall–Kier alpha value is -3.16. The molecule has 0 aliphatic carbocycles. The van der Waals surface area contributed by atoms with Crippen molar-refractivity contribution in [2.75, 3.05) is 21.3 Å². The van der Waals surface area contributed by atoms with Gasteiger partial charge in [-0.25, -0.2) is 0 Å². The molecule has 5 nitrogen and oxygen atoms in total. The number of phenols is 1. The molecule has 0 aliphatic heterocycles. The summed E-state index contributed by atoms with van der Waals surface area (Å²) in [5, 5.41) is 9.82. The van der Waals surface area contributed by atoms with Crippen LogP contribution in [0.15, 0.2) is 36.4 Å². The van der Waals surface area contributed by atoms with Crippen LogP contribution in [0.2, 0.25) is 0 Å². The number of benzene rings is 2. The minimum absolute atomic E-state index is 0.0342. The van der Waals surface area contributed by atoms with Crippen molar-refractivity contribution < 1.29 is 37.3 Å². The first-order valence-electron chi connectivity index (χ1n) is 7.64. The van der Waals surface area contributed by atoms with Crippen LogP contribution < -0.4 is 14.2 Å². The Balaban J connectivity index is 2.51. The predicted molar refractivity (Wildman–Crippen MR) is 92.6 cm³/mol. The molecule has 2 rings (SSSR count). The molecule has 0 fully saturated rings. The number of halogens is 3. The lowest BCUT2D eigenvalue weighted by molar-refractivity contribution is -0.137. The summed E-state index contributed by atoms with van der Waals surface area (Å²) < 4.78 is 55.1. The van der Waals surface area contributed by atoms with Crippen LogP contribution in [0, 0.1) is 0 Å². The van der Waals surface area contributed by atoms with Gasteiger partial charge in [0.15, 0.2) is 5.78 Å². The van der Waals surface area contributed by atoms with Crippen LogP contribution in [0.3, 0.4) is 0 Å². The topological polar surface area (TPSA) is 65.0 Å². The first-order valence-corrected chi connectivity index (χ1v) is 7.64. The van der Waals surface area contributed by atoms with Gasteiger partial charge in [0.05, 0.1) is 32.5 Å². The Bertz CT molecular complexity index is 872. The van der Waals surface area contributed by atoms with Gasteiger partial charge in [-0.1, -0.05) is 0 Å². The summed E-state index contributed by atoms with van der Waals surface area (Å²) in [6.45, 7) is 0. The van der Waals surface area contributed by atoms with Gasteiger partial charge < -0.3 is 19.3 Å². The fraction of sp³-hybridized carbons (Fsp3) is 0.211. The molecule has 0 spiro atoms. The first-order chi connectivity index (χ1) is 12.7. The zero-order valence-corrected chi connectivity index (χ0v) is 14.8. The number of hydrogen-bond acceptors (Lipinski definition) is 5. The highest BCUT2D eigenvalue weighted by Crippen LogP contribution is 2.40. The van der Waals surface area contributed by atoms with Gasteiger partial charge in [-0.15, -0.1) is 0 Å². The number of methoxy groups -OCH3 is 3. The highest BCUT2D eigenvalue weighted by molar-refractivity contribution is 6.09. The lowest BCUT2D eigenvalue weighted by Gasteiger charge is -2.15. The van der Waals surface area contributed by atoms with Gasteiger partial charge in [0.25, 0.3) is 0 Å². The summed E-state index contributed by atoms with van der Waals surface area (Å²) in [5.74, 6) is -0.836. The summed E-state index contributed by atoms with van der Waals surface area (Å²) in [6, 6.07) is 6.09. The van der Waals surface area contributed by atoms with Crippen molar-refractivity contribution in [2.24, 2.45) is 0 Å². The maximum Gasteiger partial charge on any atom is 0.417 e. The van der Waals surface area contributed by atoms with Gasteiger partial charge in [-0.2, -0.15) is 13.2 Å². The largest absolute Gasteiger partial charge is 0.507 e. The highest BCUT2D eigenvalue weighted by atomic mass is 19.4. The number of phenolic OH excluding ortho intramolecular Hbond substituents is 1. The molecule has 2 aromatic rings. The van der Waals surface area contributed by atoms with Crippen LogP contribution >= 0.6 is 0 Å². The van der Waals surface area contributed by atoms with Gasteiger partial charge in [0, 0.05) is 11.6 Å². The number of allylic oxidation sites excluding steroid dienone is 1. The number of ether oxygens (including phenoxy) is 3. The van der Waals surface area contributed by atoms with Gasteiger partial charge in [-0.3, -0.25) is 4.79 Å². The van der Waals surface area contributed by atoms with Crippen molar-refractivity contribution in [3.8, 4) is 23.0 Å². The molecule has 0 aliphatic rings. The number of alkyl halides is 3. The molecule has 0 atom stereocenters. The number of rotatable bonds is 6. The Labute approximate surface area is 153 Å². The molecule has 8 heteroatoms. The van der Waals surface area contributed by atoms with E-state index in [-0.39, 0.29) is 28.4 Å². The third-order valence-corrected chi connectivity index (χ3v) is 3.75. The number of carbonyl (C=O) groups excluding carboxylic acids is 1.